The molecular weight excluding hydrogens is 208 g/mol. The fourth-order valence-corrected chi connectivity index (χ4v) is 1.74. The van der Waals surface area contributed by atoms with Crippen LogP contribution in [0.15, 0.2) is 0 Å². The Balaban J connectivity index is 3.01. The summed E-state index contributed by atoms with van der Waals surface area (Å²) in [7, 11) is 1.59. The Morgan fingerprint density at radius 2 is 2.19 bits per heavy atom. The summed E-state index contributed by atoms with van der Waals surface area (Å²) in [6.45, 7) is 4.71. The summed E-state index contributed by atoms with van der Waals surface area (Å²) in [6, 6.07) is 0. The molecular formula is C11H18N2O3. The van der Waals surface area contributed by atoms with Gasteiger partial charge >= 0.3 is 5.97 Å². The smallest absolute Gasteiger partial charge is 0.303 e. The highest BCUT2D eigenvalue weighted by Crippen LogP contribution is 2.24. The quantitative estimate of drug-likeness (QED) is 0.798. The molecule has 5 heteroatoms. The molecule has 0 aromatic carbocycles. The van der Waals surface area contributed by atoms with E-state index in [-0.39, 0.29) is 6.42 Å². The maximum atomic E-state index is 10.6. The van der Waals surface area contributed by atoms with Crippen LogP contribution in [0.3, 0.4) is 0 Å². The van der Waals surface area contributed by atoms with Crippen LogP contribution >= 0.6 is 0 Å². The van der Waals surface area contributed by atoms with Gasteiger partial charge in [0.1, 0.15) is 0 Å². The lowest BCUT2D eigenvalue weighted by Gasteiger charge is -2.05. The Bertz CT molecular complexity index is 372. The molecule has 1 rings (SSSR count). The zero-order valence-electron chi connectivity index (χ0n) is 9.99. The van der Waals surface area contributed by atoms with Gasteiger partial charge in [0.05, 0.1) is 12.8 Å². The number of aliphatic carboxylic acids is 1. The van der Waals surface area contributed by atoms with Gasteiger partial charge < -0.3 is 9.84 Å². The maximum Gasteiger partial charge on any atom is 0.303 e. The molecule has 16 heavy (non-hydrogen) atoms. The number of aryl methyl sites for hydroxylation is 2. The van der Waals surface area contributed by atoms with Crippen LogP contribution in [0.1, 0.15) is 31.5 Å². The molecule has 0 aliphatic carbocycles. The topological polar surface area (TPSA) is 64.4 Å². The molecule has 0 unspecified atom stereocenters. The van der Waals surface area contributed by atoms with Crippen LogP contribution < -0.4 is 4.74 Å². The third kappa shape index (κ3) is 2.53. The summed E-state index contributed by atoms with van der Waals surface area (Å²) < 4.78 is 7.06. The van der Waals surface area contributed by atoms with E-state index in [9.17, 15) is 4.79 Å². The zero-order valence-corrected chi connectivity index (χ0v) is 9.99. The summed E-state index contributed by atoms with van der Waals surface area (Å²) in [5, 5.41) is 13.1. The SMILES string of the molecule is CCc1nn(CC)c(OC)c1CCC(=O)O. The minimum absolute atomic E-state index is 0.110. The highest BCUT2D eigenvalue weighted by molar-refractivity contribution is 5.67. The van der Waals surface area contributed by atoms with Crippen LogP contribution in [-0.2, 0) is 24.2 Å². The van der Waals surface area contributed by atoms with Crippen molar-refractivity contribution in [2.24, 2.45) is 0 Å². The van der Waals surface area contributed by atoms with Gasteiger partial charge in [-0.15, -0.1) is 0 Å². The molecule has 0 saturated heterocycles. The van der Waals surface area contributed by atoms with Crippen LogP contribution in [0.4, 0.5) is 0 Å². The number of aromatic nitrogens is 2. The average molecular weight is 226 g/mol. The predicted molar refractivity (Wildman–Crippen MR) is 59.8 cm³/mol. The lowest BCUT2D eigenvalue weighted by atomic mass is 10.1. The van der Waals surface area contributed by atoms with E-state index in [1.54, 1.807) is 11.8 Å². The molecule has 5 nitrogen and oxygen atoms in total. The number of hydrogen-bond acceptors (Lipinski definition) is 3. The van der Waals surface area contributed by atoms with Gasteiger partial charge in [-0.3, -0.25) is 4.79 Å². The molecule has 1 aromatic heterocycles. The van der Waals surface area contributed by atoms with E-state index in [0.29, 0.717) is 12.3 Å². The number of carboxylic acids is 1. The molecule has 1 aromatic rings. The van der Waals surface area contributed by atoms with Crippen molar-refractivity contribution in [3.63, 3.8) is 0 Å². The maximum absolute atomic E-state index is 10.6. The second kappa shape index (κ2) is 5.53. The first-order valence-electron chi connectivity index (χ1n) is 5.48. The molecule has 0 bridgehead atoms. The normalized spacial score (nSPS) is 10.4. The lowest BCUT2D eigenvalue weighted by Crippen LogP contribution is -2.02. The van der Waals surface area contributed by atoms with Crippen molar-refractivity contribution < 1.29 is 14.6 Å². The van der Waals surface area contributed by atoms with E-state index in [4.69, 9.17) is 9.84 Å². The van der Waals surface area contributed by atoms with E-state index >= 15 is 0 Å². The first kappa shape index (κ1) is 12.5. The minimum Gasteiger partial charge on any atom is -0.481 e. The number of ether oxygens (including phenoxy) is 1. The number of nitrogens with zero attached hydrogens (tertiary/aromatic N) is 2. The van der Waals surface area contributed by atoms with Crippen LogP contribution in [0.5, 0.6) is 5.88 Å². The minimum atomic E-state index is -0.798. The molecule has 0 atom stereocenters. The number of methoxy groups -OCH3 is 1. The highest BCUT2D eigenvalue weighted by Gasteiger charge is 2.17. The van der Waals surface area contributed by atoms with Gasteiger partial charge in [-0.25, -0.2) is 4.68 Å². The molecule has 0 saturated carbocycles. The Morgan fingerprint density at radius 3 is 2.62 bits per heavy atom. The van der Waals surface area contributed by atoms with Crippen molar-refractivity contribution >= 4 is 5.97 Å². The molecule has 0 radical (unpaired) electrons. The molecule has 1 heterocycles. The third-order valence-electron chi connectivity index (χ3n) is 2.50. The fourth-order valence-electron chi connectivity index (χ4n) is 1.74. The molecule has 0 spiro atoms. The van der Waals surface area contributed by atoms with E-state index in [1.165, 1.54) is 0 Å². The summed E-state index contributed by atoms with van der Waals surface area (Å²) in [5.74, 6) is -0.103. The van der Waals surface area contributed by atoms with Crippen LogP contribution in [-0.4, -0.2) is 28.0 Å². The second-order valence-corrected chi connectivity index (χ2v) is 3.50. The average Bonchev–Trinajstić information content (AvgIpc) is 2.62. The Labute approximate surface area is 95.0 Å². The van der Waals surface area contributed by atoms with Crippen molar-refractivity contribution in [1.29, 1.82) is 0 Å². The molecule has 0 amide bonds. The van der Waals surface area contributed by atoms with Gasteiger partial charge in [0.25, 0.3) is 0 Å². The van der Waals surface area contributed by atoms with Crippen LogP contribution in [0.2, 0.25) is 0 Å². The van der Waals surface area contributed by atoms with Gasteiger partial charge in [-0.1, -0.05) is 6.92 Å². The molecule has 1 N–H and O–H groups in total. The van der Waals surface area contributed by atoms with Crippen molar-refractivity contribution in [3.05, 3.63) is 11.3 Å². The molecule has 0 fully saturated rings. The number of carbonyl (C=O) groups is 1. The van der Waals surface area contributed by atoms with E-state index in [2.05, 4.69) is 5.10 Å². The van der Waals surface area contributed by atoms with Gasteiger partial charge in [0, 0.05) is 18.5 Å². The molecule has 0 aliphatic rings. The first-order valence-corrected chi connectivity index (χ1v) is 5.48. The van der Waals surface area contributed by atoms with Crippen molar-refractivity contribution in [2.75, 3.05) is 7.11 Å². The van der Waals surface area contributed by atoms with Gasteiger partial charge in [0.2, 0.25) is 5.88 Å². The molecule has 0 aliphatic heterocycles. The molecule has 90 valence electrons. The van der Waals surface area contributed by atoms with Gasteiger partial charge in [0.15, 0.2) is 0 Å². The first-order chi connectivity index (χ1) is 7.63. The van der Waals surface area contributed by atoms with E-state index in [1.807, 2.05) is 13.8 Å². The van der Waals surface area contributed by atoms with Crippen LogP contribution in [0, 0.1) is 0 Å². The van der Waals surface area contributed by atoms with Gasteiger partial charge in [-0.2, -0.15) is 5.10 Å². The Morgan fingerprint density at radius 1 is 1.50 bits per heavy atom. The largest absolute Gasteiger partial charge is 0.481 e. The van der Waals surface area contributed by atoms with Crippen LogP contribution in [0.25, 0.3) is 0 Å². The summed E-state index contributed by atoms with van der Waals surface area (Å²) in [4.78, 5) is 10.6. The van der Waals surface area contributed by atoms with E-state index in [0.717, 1.165) is 24.2 Å². The zero-order chi connectivity index (χ0) is 12.1. The summed E-state index contributed by atoms with van der Waals surface area (Å²) in [5.41, 5.74) is 1.86. The van der Waals surface area contributed by atoms with Gasteiger partial charge in [-0.05, 0) is 19.8 Å². The fraction of sp³-hybridized carbons (Fsp3) is 0.636. The predicted octanol–water partition coefficient (Wildman–Crippen LogP) is 1.49. The number of rotatable bonds is 6. The Hall–Kier alpha value is -1.52. The van der Waals surface area contributed by atoms with Crippen molar-refractivity contribution in [2.45, 2.75) is 39.7 Å². The number of carboxylic acid groups (broad SMARTS) is 1. The lowest BCUT2D eigenvalue weighted by molar-refractivity contribution is -0.136. The highest BCUT2D eigenvalue weighted by atomic mass is 16.5. The van der Waals surface area contributed by atoms with Crippen molar-refractivity contribution in [1.82, 2.24) is 9.78 Å². The standard InChI is InChI=1S/C11H18N2O3/c1-4-9-8(6-7-10(14)15)11(16-3)13(5-2)12-9/h4-7H2,1-3H3,(H,14,15). The number of hydrogen-bond donors (Lipinski definition) is 1. The second-order valence-electron chi connectivity index (χ2n) is 3.50. The summed E-state index contributed by atoms with van der Waals surface area (Å²) >= 11 is 0. The Kier molecular flexibility index (Phi) is 4.34. The van der Waals surface area contributed by atoms with E-state index < -0.39 is 5.97 Å². The van der Waals surface area contributed by atoms with Crippen molar-refractivity contribution in [3.8, 4) is 5.88 Å². The monoisotopic (exact) mass is 226 g/mol. The summed E-state index contributed by atoms with van der Waals surface area (Å²) in [6.07, 6.45) is 1.37. The third-order valence-corrected chi connectivity index (χ3v) is 2.50.